The van der Waals surface area contributed by atoms with Crippen molar-refractivity contribution >= 4 is 23.8 Å². The Balaban J connectivity index is 2.10. The van der Waals surface area contributed by atoms with Gasteiger partial charge < -0.3 is 19.6 Å². The molecular formula is C18H26N2O4. The van der Waals surface area contributed by atoms with Crippen molar-refractivity contribution in [2.75, 3.05) is 37.5 Å². The Morgan fingerprint density at radius 3 is 2.46 bits per heavy atom. The minimum absolute atomic E-state index is 0.194. The van der Waals surface area contributed by atoms with Crippen molar-refractivity contribution in [2.24, 2.45) is 11.8 Å². The van der Waals surface area contributed by atoms with Crippen LogP contribution >= 0.6 is 0 Å². The molecule has 6 heteroatoms. The number of ether oxygens (including phenoxy) is 1. The van der Waals surface area contributed by atoms with Crippen LogP contribution in [0.1, 0.15) is 25.7 Å². The third-order valence-corrected chi connectivity index (χ3v) is 4.86. The number of hydrogen-bond donors (Lipinski definition) is 1. The third-order valence-electron chi connectivity index (χ3n) is 4.86. The molecule has 0 bridgehead atoms. The van der Waals surface area contributed by atoms with Crippen molar-refractivity contribution in [1.82, 2.24) is 0 Å². The number of rotatable bonds is 7. The van der Waals surface area contributed by atoms with Gasteiger partial charge in [0.05, 0.1) is 24.4 Å². The molecule has 6 nitrogen and oxygen atoms in total. The normalized spacial score (nSPS) is 20.3. The maximum absolute atomic E-state index is 11.1. The Kier molecular flexibility index (Phi) is 6.06. The monoisotopic (exact) mass is 334 g/mol. The van der Waals surface area contributed by atoms with Gasteiger partial charge in [0.1, 0.15) is 5.75 Å². The number of benzene rings is 1. The highest BCUT2D eigenvalue weighted by Crippen LogP contribution is 2.34. The van der Waals surface area contributed by atoms with Crippen LogP contribution in [0.5, 0.6) is 5.75 Å². The molecular weight excluding hydrogens is 308 g/mol. The van der Waals surface area contributed by atoms with Gasteiger partial charge in [0.15, 0.2) is 0 Å². The van der Waals surface area contributed by atoms with Gasteiger partial charge in [0.25, 0.3) is 0 Å². The van der Waals surface area contributed by atoms with E-state index in [0.717, 1.165) is 55.8 Å². The van der Waals surface area contributed by atoms with Gasteiger partial charge >= 0.3 is 5.97 Å². The second-order valence-corrected chi connectivity index (χ2v) is 6.51. The molecule has 0 heterocycles. The summed E-state index contributed by atoms with van der Waals surface area (Å²) in [6.45, 7) is 0.833. The van der Waals surface area contributed by atoms with Crippen molar-refractivity contribution in [3.05, 3.63) is 18.2 Å². The van der Waals surface area contributed by atoms with Gasteiger partial charge in [-0.05, 0) is 43.7 Å². The lowest BCUT2D eigenvalue weighted by Gasteiger charge is -2.32. The predicted molar refractivity (Wildman–Crippen MR) is 93.8 cm³/mol. The average molecular weight is 334 g/mol. The molecule has 0 radical (unpaired) electrons. The molecule has 1 amide bonds. The van der Waals surface area contributed by atoms with Gasteiger partial charge in [-0.2, -0.15) is 0 Å². The van der Waals surface area contributed by atoms with E-state index < -0.39 is 5.97 Å². The lowest BCUT2D eigenvalue weighted by Crippen LogP contribution is -2.31. The largest absolute Gasteiger partial charge is 0.497 e. The zero-order valence-corrected chi connectivity index (χ0v) is 14.6. The Bertz CT molecular complexity index is 582. The predicted octanol–water partition coefficient (Wildman–Crippen LogP) is 2.62. The molecule has 1 aromatic rings. The topological polar surface area (TPSA) is 70.1 Å². The minimum atomic E-state index is -0.676. The molecule has 0 saturated heterocycles. The van der Waals surface area contributed by atoms with E-state index in [-0.39, 0.29) is 5.92 Å². The third kappa shape index (κ3) is 4.19. The zero-order chi connectivity index (χ0) is 17.7. The summed E-state index contributed by atoms with van der Waals surface area (Å²) >= 11 is 0. The number of methoxy groups -OCH3 is 1. The van der Waals surface area contributed by atoms with Gasteiger partial charge in [-0.25, -0.2) is 0 Å². The fraction of sp³-hybridized carbons (Fsp3) is 0.556. The van der Waals surface area contributed by atoms with Gasteiger partial charge in [0.2, 0.25) is 6.41 Å². The first kappa shape index (κ1) is 18.1. The fourth-order valence-electron chi connectivity index (χ4n) is 3.37. The Labute approximate surface area is 143 Å². The van der Waals surface area contributed by atoms with E-state index in [1.165, 1.54) is 0 Å². The first-order valence-electron chi connectivity index (χ1n) is 8.26. The first-order valence-corrected chi connectivity index (χ1v) is 8.26. The van der Waals surface area contributed by atoms with E-state index in [4.69, 9.17) is 9.84 Å². The van der Waals surface area contributed by atoms with Crippen LogP contribution in [0.25, 0.3) is 0 Å². The van der Waals surface area contributed by atoms with Crippen molar-refractivity contribution in [2.45, 2.75) is 25.7 Å². The lowest BCUT2D eigenvalue weighted by atomic mass is 9.82. The van der Waals surface area contributed by atoms with Crippen LogP contribution in [0.15, 0.2) is 18.2 Å². The van der Waals surface area contributed by atoms with Gasteiger partial charge in [-0.1, -0.05) is 0 Å². The molecule has 1 aliphatic rings. The highest BCUT2D eigenvalue weighted by molar-refractivity contribution is 5.84. The summed E-state index contributed by atoms with van der Waals surface area (Å²) in [5.74, 6) is 0.338. The van der Waals surface area contributed by atoms with Crippen LogP contribution in [0.4, 0.5) is 11.4 Å². The second kappa shape index (κ2) is 8.04. The molecule has 0 aromatic heterocycles. The van der Waals surface area contributed by atoms with Crippen molar-refractivity contribution in [3.8, 4) is 5.75 Å². The molecule has 1 saturated carbocycles. The minimum Gasteiger partial charge on any atom is -0.497 e. The maximum Gasteiger partial charge on any atom is 0.306 e. The molecule has 2 rings (SSSR count). The Morgan fingerprint density at radius 1 is 1.25 bits per heavy atom. The molecule has 0 spiro atoms. The summed E-state index contributed by atoms with van der Waals surface area (Å²) < 4.78 is 5.31. The average Bonchev–Trinajstić information content (AvgIpc) is 2.60. The zero-order valence-electron chi connectivity index (χ0n) is 14.6. The van der Waals surface area contributed by atoms with Crippen molar-refractivity contribution < 1.29 is 19.4 Å². The summed E-state index contributed by atoms with van der Waals surface area (Å²) in [4.78, 5) is 25.9. The quantitative estimate of drug-likeness (QED) is 0.776. The number of amides is 1. The highest BCUT2D eigenvalue weighted by Gasteiger charge is 2.27. The number of carboxylic acid groups (broad SMARTS) is 1. The number of hydrogen-bond acceptors (Lipinski definition) is 4. The molecule has 1 N–H and O–H groups in total. The molecule has 0 atom stereocenters. The number of anilines is 2. The Hall–Kier alpha value is -2.24. The van der Waals surface area contributed by atoms with Gasteiger partial charge in [0, 0.05) is 26.7 Å². The molecule has 0 unspecified atom stereocenters. The van der Waals surface area contributed by atoms with Crippen LogP contribution < -0.4 is 14.5 Å². The van der Waals surface area contributed by atoms with Crippen LogP contribution in [0.2, 0.25) is 0 Å². The van der Waals surface area contributed by atoms with E-state index in [2.05, 4.69) is 4.90 Å². The number of carboxylic acids is 1. The van der Waals surface area contributed by atoms with Crippen LogP contribution in [-0.4, -0.2) is 45.2 Å². The van der Waals surface area contributed by atoms with Gasteiger partial charge in [-0.3, -0.25) is 9.59 Å². The summed E-state index contributed by atoms with van der Waals surface area (Å²) in [6, 6.07) is 5.64. The molecule has 132 valence electrons. The molecule has 1 fully saturated rings. The van der Waals surface area contributed by atoms with E-state index in [1.54, 1.807) is 19.1 Å². The molecule has 0 aliphatic heterocycles. The molecule has 1 aromatic carbocycles. The number of carbonyl (C=O) groups excluding carboxylic acids is 1. The SMILES string of the molecule is COc1ccc(N(C)C=O)c(N(C)CC2CCC(C(=O)O)CC2)c1. The summed E-state index contributed by atoms with van der Waals surface area (Å²) in [5.41, 5.74) is 1.76. The van der Waals surface area contributed by atoms with Crippen molar-refractivity contribution in [3.63, 3.8) is 0 Å². The van der Waals surface area contributed by atoms with Crippen molar-refractivity contribution in [1.29, 1.82) is 0 Å². The van der Waals surface area contributed by atoms with E-state index >= 15 is 0 Å². The smallest absolute Gasteiger partial charge is 0.306 e. The Morgan fingerprint density at radius 2 is 1.92 bits per heavy atom. The molecule has 24 heavy (non-hydrogen) atoms. The van der Waals surface area contributed by atoms with Gasteiger partial charge in [-0.15, -0.1) is 0 Å². The van der Waals surface area contributed by atoms with E-state index in [1.807, 2.05) is 25.2 Å². The van der Waals surface area contributed by atoms with Crippen LogP contribution in [-0.2, 0) is 9.59 Å². The summed E-state index contributed by atoms with van der Waals surface area (Å²) in [7, 11) is 5.35. The number of carbonyl (C=O) groups is 2. The summed E-state index contributed by atoms with van der Waals surface area (Å²) in [5, 5.41) is 9.10. The summed E-state index contributed by atoms with van der Waals surface area (Å²) in [6.07, 6.45) is 4.12. The maximum atomic E-state index is 11.1. The molecule has 1 aliphatic carbocycles. The first-order chi connectivity index (χ1) is 11.5. The highest BCUT2D eigenvalue weighted by atomic mass is 16.5. The van der Waals surface area contributed by atoms with Crippen LogP contribution in [0, 0.1) is 11.8 Å². The van der Waals surface area contributed by atoms with E-state index in [0.29, 0.717) is 5.92 Å². The van der Waals surface area contributed by atoms with Crippen LogP contribution in [0.3, 0.4) is 0 Å². The van der Waals surface area contributed by atoms with E-state index in [9.17, 15) is 9.59 Å². The number of nitrogens with zero attached hydrogens (tertiary/aromatic N) is 2. The second-order valence-electron chi connectivity index (χ2n) is 6.51. The standard InChI is InChI=1S/C18H26N2O4/c1-19(11-13-4-6-14(7-5-13)18(22)23)17-10-15(24-3)8-9-16(17)20(2)12-21/h8-10,12-14H,4-7,11H2,1-3H3,(H,22,23). The lowest BCUT2D eigenvalue weighted by molar-refractivity contribution is -0.143. The number of aliphatic carboxylic acids is 1. The fourth-order valence-corrected chi connectivity index (χ4v) is 3.37.